The minimum atomic E-state index is -0.582. The lowest BCUT2D eigenvalue weighted by Crippen LogP contribution is -2.07. The van der Waals surface area contributed by atoms with Crippen LogP contribution in [0.25, 0.3) is 0 Å². The SMILES string of the molecule is COC(=O)c1ccc(NN)cc1O. The highest BCUT2D eigenvalue weighted by Gasteiger charge is 2.10. The van der Waals surface area contributed by atoms with Crippen LogP contribution in [0.1, 0.15) is 10.4 Å². The second-order valence-corrected chi connectivity index (χ2v) is 2.37. The first-order valence-electron chi connectivity index (χ1n) is 3.57. The van der Waals surface area contributed by atoms with Crippen molar-refractivity contribution in [2.75, 3.05) is 12.5 Å². The number of phenols is 1. The molecule has 0 heterocycles. The first-order valence-corrected chi connectivity index (χ1v) is 3.57. The maximum atomic E-state index is 11.0. The summed E-state index contributed by atoms with van der Waals surface area (Å²) in [7, 11) is 1.25. The number of carbonyl (C=O) groups excluding carboxylic acids is 1. The number of nitrogen functional groups attached to an aromatic ring is 1. The van der Waals surface area contributed by atoms with Crippen molar-refractivity contribution < 1.29 is 14.6 Å². The maximum Gasteiger partial charge on any atom is 0.341 e. The number of ether oxygens (including phenoxy) is 1. The molecular formula is C8H10N2O3. The zero-order valence-electron chi connectivity index (χ0n) is 7.07. The van der Waals surface area contributed by atoms with Crippen LogP contribution in [0.3, 0.4) is 0 Å². The fraction of sp³-hybridized carbons (Fsp3) is 0.125. The van der Waals surface area contributed by atoms with Crippen LogP contribution in [-0.2, 0) is 4.74 Å². The topological polar surface area (TPSA) is 84.6 Å². The molecule has 0 bridgehead atoms. The van der Waals surface area contributed by atoms with Crippen LogP contribution in [0, 0.1) is 0 Å². The molecule has 0 saturated heterocycles. The Hall–Kier alpha value is -1.75. The van der Waals surface area contributed by atoms with Gasteiger partial charge in [-0.05, 0) is 12.1 Å². The highest BCUT2D eigenvalue weighted by Crippen LogP contribution is 2.21. The molecule has 13 heavy (non-hydrogen) atoms. The Labute approximate surface area is 75.1 Å². The lowest BCUT2D eigenvalue weighted by Gasteiger charge is -2.04. The molecule has 5 heteroatoms. The zero-order valence-corrected chi connectivity index (χ0v) is 7.07. The molecule has 0 aliphatic heterocycles. The molecule has 0 spiro atoms. The molecule has 1 rings (SSSR count). The van der Waals surface area contributed by atoms with E-state index in [1.54, 1.807) is 6.07 Å². The minimum absolute atomic E-state index is 0.113. The number of esters is 1. The summed E-state index contributed by atoms with van der Waals surface area (Å²) in [6, 6.07) is 4.33. The molecule has 0 unspecified atom stereocenters. The van der Waals surface area contributed by atoms with Gasteiger partial charge in [0.25, 0.3) is 0 Å². The lowest BCUT2D eigenvalue weighted by atomic mass is 10.2. The Morgan fingerprint density at radius 2 is 2.31 bits per heavy atom. The molecule has 0 fully saturated rings. The fourth-order valence-electron chi connectivity index (χ4n) is 0.904. The standard InChI is InChI=1S/C8H10N2O3/c1-13-8(12)6-3-2-5(10-9)4-7(6)11/h2-4,10-11H,9H2,1H3. The third kappa shape index (κ3) is 1.88. The Balaban J connectivity index is 3.05. The van der Waals surface area contributed by atoms with Crippen molar-refractivity contribution in [1.82, 2.24) is 0 Å². The monoisotopic (exact) mass is 182 g/mol. The van der Waals surface area contributed by atoms with Gasteiger partial charge in [0, 0.05) is 6.07 Å². The van der Waals surface area contributed by atoms with E-state index < -0.39 is 5.97 Å². The van der Waals surface area contributed by atoms with E-state index in [9.17, 15) is 9.90 Å². The average molecular weight is 182 g/mol. The quantitative estimate of drug-likeness (QED) is 0.351. The molecular weight excluding hydrogens is 172 g/mol. The molecule has 5 nitrogen and oxygen atoms in total. The van der Waals surface area contributed by atoms with Crippen LogP contribution >= 0.6 is 0 Å². The number of nitrogens with one attached hydrogen (secondary N) is 1. The normalized spacial score (nSPS) is 9.38. The number of methoxy groups -OCH3 is 1. The highest BCUT2D eigenvalue weighted by molar-refractivity contribution is 5.92. The third-order valence-electron chi connectivity index (χ3n) is 1.57. The smallest absolute Gasteiger partial charge is 0.341 e. The second kappa shape index (κ2) is 3.77. The molecule has 1 aromatic carbocycles. The van der Waals surface area contributed by atoms with Crippen LogP contribution in [0.5, 0.6) is 5.75 Å². The van der Waals surface area contributed by atoms with E-state index in [-0.39, 0.29) is 11.3 Å². The first kappa shape index (κ1) is 9.34. The third-order valence-corrected chi connectivity index (χ3v) is 1.57. The first-order chi connectivity index (χ1) is 6.19. The van der Waals surface area contributed by atoms with Crippen LogP contribution < -0.4 is 11.3 Å². The summed E-state index contributed by atoms with van der Waals surface area (Å²) in [4.78, 5) is 11.0. The number of nitrogens with two attached hydrogens (primary N) is 1. The maximum absolute atomic E-state index is 11.0. The molecule has 0 amide bonds. The van der Waals surface area contributed by atoms with Gasteiger partial charge in [0.2, 0.25) is 0 Å². The minimum Gasteiger partial charge on any atom is -0.507 e. The van der Waals surface area contributed by atoms with E-state index in [1.165, 1.54) is 19.2 Å². The summed E-state index contributed by atoms with van der Waals surface area (Å²) >= 11 is 0. The van der Waals surface area contributed by atoms with Gasteiger partial charge in [-0.1, -0.05) is 0 Å². The van der Waals surface area contributed by atoms with Gasteiger partial charge >= 0.3 is 5.97 Å². The van der Waals surface area contributed by atoms with E-state index in [0.29, 0.717) is 5.69 Å². The number of aromatic hydroxyl groups is 1. The molecule has 0 aliphatic carbocycles. The molecule has 0 aliphatic rings. The zero-order chi connectivity index (χ0) is 9.84. The predicted octanol–water partition coefficient (Wildman–Crippen LogP) is 0.464. The number of benzene rings is 1. The summed E-state index contributed by atoms with van der Waals surface area (Å²) in [5, 5.41) is 9.33. The van der Waals surface area contributed by atoms with Gasteiger partial charge in [0.15, 0.2) is 0 Å². The van der Waals surface area contributed by atoms with Gasteiger partial charge < -0.3 is 15.3 Å². The second-order valence-electron chi connectivity index (χ2n) is 2.37. The summed E-state index contributed by atoms with van der Waals surface area (Å²) in [5.41, 5.74) is 2.97. The van der Waals surface area contributed by atoms with E-state index in [1.807, 2.05) is 0 Å². The highest BCUT2D eigenvalue weighted by atomic mass is 16.5. The van der Waals surface area contributed by atoms with Gasteiger partial charge in [-0.25, -0.2) is 4.79 Å². The summed E-state index contributed by atoms with van der Waals surface area (Å²) in [5.74, 6) is 4.35. The van der Waals surface area contributed by atoms with Gasteiger partial charge in [0.1, 0.15) is 11.3 Å². The van der Waals surface area contributed by atoms with E-state index in [0.717, 1.165) is 0 Å². The van der Waals surface area contributed by atoms with Crippen LogP contribution in [0.2, 0.25) is 0 Å². The van der Waals surface area contributed by atoms with Gasteiger partial charge in [-0.15, -0.1) is 0 Å². The number of anilines is 1. The molecule has 4 N–H and O–H groups in total. The van der Waals surface area contributed by atoms with E-state index in [4.69, 9.17) is 5.84 Å². The number of rotatable bonds is 2. The number of carbonyl (C=O) groups is 1. The van der Waals surface area contributed by atoms with Gasteiger partial charge in [0.05, 0.1) is 12.8 Å². The van der Waals surface area contributed by atoms with Crippen LogP contribution in [-0.4, -0.2) is 18.2 Å². The molecule has 1 aromatic rings. The number of phenolic OH excluding ortho intramolecular Hbond substituents is 1. The van der Waals surface area contributed by atoms with Crippen molar-refractivity contribution in [2.45, 2.75) is 0 Å². The van der Waals surface area contributed by atoms with Crippen molar-refractivity contribution in [1.29, 1.82) is 0 Å². The molecule has 0 aromatic heterocycles. The number of hydrogen-bond donors (Lipinski definition) is 3. The number of hydrogen-bond acceptors (Lipinski definition) is 5. The fourth-order valence-corrected chi connectivity index (χ4v) is 0.904. The Kier molecular flexibility index (Phi) is 2.71. The average Bonchev–Trinajstić information content (AvgIpc) is 2.16. The number of hydrazine groups is 1. The van der Waals surface area contributed by atoms with Crippen LogP contribution in [0.15, 0.2) is 18.2 Å². The van der Waals surface area contributed by atoms with Crippen molar-refractivity contribution in [3.63, 3.8) is 0 Å². The van der Waals surface area contributed by atoms with Crippen molar-refractivity contribution in [2.24, 2.45) is 5.84 Å². The van der Waals surface area contributed by atoms with Crippen molar-refractivity contribution in [3.05, 3.63) is 23.8 Å². The van der Waals surface area contributed by atoms with E-state index >= 15 is 0 Å². The van der Waals surface area contributed by atoms with Crippen molar-refractivity contribution in [3.8, 4) is 5.75 Å². The Morgan fingerprint density at radius 3 is 2.77 bits per heavy atom. The summed E-state index contributed by atoms with van der Waals surface area (Å²) < 4.78 is 4.44. The predicted molar refractivity (Wildman–Crippen MR) is 47.3 cm³/mol. The molecule has 0 atom stereocenters. The van der Waals surface area contributed by atoms with Crippen LogP contribution in [0.4, 0.5) is 5.69 Å². The lowest BCUT2D eigenvalue weighted by molar-refractivity contribution is 0.0597. The molecule has 0 saturated carbocycles. The van der Waals surface area contributed by atoms with Crippen molar-refractivity contribution >= 4 is 11.7 Å². The largest absolute Gasteiger partial charge is 0.507 e. The summed E-state index contributed by atoms with van der Waals surface area (Å²) in [6.07, 6.45) is 0. The van der Waals surface area contributed by atoms with E-state index in [2.05, 4.69) is 10.2 Å². The Morgan fingerprint density at radius 1 is 1.62 bits per heavy atom. The summed E-state index contributed by atoms with van der Waals surface area (Å²) in [6.45, 7) is 0. The molecule has 0 radical (unpaired) electrons. The molecule has 70 valence electrons. The van der Waals surface area contributed by atoms with Gasteiger partial charge in [-0.3, -0.25) is 5.84 Å². The van der Waals surface area contributed by atoms with Gasteiger partial charge in [-0.2, -0.15) is 0 Å². The Bertz CT molecular complexity index is 325.